The number of hydrogen-bond donors (Lipinski definition) is 4. The molecule has 1 aromatic carbocycles. The predicted molar refractivity (Wildman–Crippen MR) is 116 cm³/mol. The third-order valence-electron chi connectivity index (χ3n) is 5.42. The Labute approximate surface area is 182 Å². The lowest BCUT2D eigenvalue weighted by Crippen LogP contribution is -2.51. The molecule has 10 heteroatoms. The van der Waals surface area contributed by atoms with Crippen LogP contribution in [0.3, 0.4) is 0 Å². The van der Waals surface area contributed by atoms with Gasteiger partial charge in [-0.25, -0.2) is 18.7 Å². The van der Waals surface area contributed by atoms with Crippen molar-refractivity contribution in [2.45, 2.75) is 24.5 Å². The fraction of sp³-hybridized carbons (Fsp3) is 0.429. The van der Waals surface area contributed by atoms with E-state index >= 15 is 0 Å². The first kappa shape index (κ1) is 24.4. The summed E-state index contributed by atoms with van der Waals surface area (Å²) in [6.07, 6.45) is 2.80. The number of sulfone groups is 1. The van der Waals surface area contributed by atoms with E-state index in [1.54, 1.807) is 0 Å². The molecule has 9 nitrogen and oxygen atoms in total. The van der Waals surface area contributed by atoms with Gasteiger partial charge in [0.15, 0.2) is 14.6 Å². The smallest absolute Gasteiger partial charge is 0.405 e. The molecule has 0 radical (unpaired) electrons. The van der Waals surface area contributed by atoms with Crippen molar-refractivity contribution in [2.24, 2.45) is 0 Å². The fourth-order valence-electron chi connectivity index (χ4n) is 3.17. The summed E-state index contributed by atoms with van der Waals surface area (Å²) in [7, 11) is -3.71. The summed E-state index contributed by atoms with van der Waals surface area (Å²) in [4.78, 5) is 24.4. The molecule has 0 spiro atoms. The Morgan fingerprint density at radius 2 is 1.94 bits per heavy atom. The van der Waals surface area contributed by atoms with E-state index in [1.165, 1.54) is 18.0 Å². The highest BCUT2D eigenvalue weighted by Crippen LogP contribution is 2.25. The number of carbonyl (C=O) groups excluding carboxylic acids is 1. The van der Waals surface area contributed by atoms with Crippen LogP contribution in [0, 0.1) is 11.8 Å². The molecule has 31 heavy (non-hydrogen) atoms. The Morgan fingerprint density at radius 3 is 2.45 bits per heavy atom. The van der Waals surface area contributed by atoms with E-state index in [2.05, 4.69) is 28.1 Å². The predicted octanol–water partition coefficient (Wildman–Crippen LogP) is 1.09. The highest BCUT2D eigenvalue weighted by Gasteiger charge is 2.43. The largest absolute Gasteiger partial charge is 0.465 e. The van der Waals surface area contributed by atoms with Crippen molar-refractivity contribution in [2.75, 3.05) is 32.4 Å². The standard InChI is InChI=1S/C21H27N3O6S/c1-21(19(25)23-28,31(2,29)30)11-15-24-13-9-18(10-14-24)17-7-5-16(6-8-17)4-3-12-22-20(26)27/h5-9,22,28H,10-15H2,1-2H3,(H,23,25)(H,26,27). The van der Waals surface area contributed by atoms with Crippen molar-refractivity contribution in [3.63, 3.8) is 0 Å². The van der Waals surface area contributed by atoms with Crippen LogP contribution in [0.15, 0.2) is 30.3 Å². The number of carboxylic acid groups (broad SMARTS) is 1. The highest BCUT2D eigenvalue weighted by atomic mass is 32.2. The Hall–Kier alpha value is -2.87. The molecular formula is C21H27N3O6S. The van der Waals surface area contributed by atoms with E-state index in [-0.39, 0.29) is 13.0 Å². The van der Waals surface area contributed by atoms with Crippen LogP contribution in [0.1, 0.15) is 30.9 Å². The zero-order valence-corrected chi connectivity index (χ0v) is 18.3. The third kappa shape index (κ3) is 6.55. The Bertz CT molecular complexity index is 1010. The summed E-state index contributed by atoms with van der Waals surface area (Å²) in [5, 5.41) is 19.6. The number of amides is 2. The first-order valence-corrected chi connectivity index (χ1v) is 11.6. The molecule has 0 fully saturated rings. The van der Waals surface area contributed by atoms with Gasteiger partial charge in [0, 0.05) is 31.5 Å². The van der Waals surface area contributed by atoms with Gasteiger partial charge in [-0.3, -0.25) is 14.9 Å². The molecule has 1 unspecified atom stereocenters. The van der Waals surface area contributed by atoms with Gasteiger partial charge < -0.3 is 10.4 Å². The first-order valence-electron chi connectivity index (χ1n) is 9.68. The van der Waals surface area contributed by atoms with Crippen LogP contribution < -0.4 is 10.8 Å². The number of nitrogens with one attached hydrogen (secondary N) is 2. The van der Waals surface area contributed by atoms with Crippen LogP contribution >= 0.6 is 0 Å². The first-order chi connectivity index (χ1) is 14.6. The summed E-state index contributed by atoms with van der Waals surface area (Å²) >= 11 is 0. The molecule has 4 N–H and O–H groups in total. The lowest BCUT2D eigenvalue weighted by molar-refractivity contribution is -0.131. The highest BCUT2D eigenvalue weighted by molar-refractivity contribution is 7.92. The third-order valence-corrected chi connectivity index (χ3v) is 7.44. The van der Waals surface area contributed by atoms with Gasteiger partial charge in [-0.2, -0.15) is 0 Å². The van der Waals surface area contributed by atoms with Crippen LogP contribution in [-0.2, 0) is 14.6 Å². The summed E-state index contributed by atoms with van der Waals surface area (Å²) < 4.78 is 22.4. The van der Waals surface area contributed by atoms with Gasteiger partial charge in [0.1, 0.15) is 0 Å². The van der Waals surface area contributed by atoms with E-state index in [0.29, 0.717) is 13.1 Å². The average molecular weight is 450 g/mol. The minimum absolute atomic E-state index is 0.0659. The number of rotatable bonds is 7. The second-order valence-electron chi connectivity index (χ2n) is 7.51. The Kier molecular flexibility index (Phi) is 8.21. The molecule has 1 aromatic rings. The quantitative estimate of drug-likeness (QED) is 0.278. The molecular weight excluding hydrogens is 422 g/mol. The molecule has 0 aliphatic carbocycles. The second kappa shape index (κ2) is 10.4. The topological polar surface area (TPSA) is 136 Å². The van der Waals surface area contributed by atoms with Crippen molar-refractivity contribution >= 4 is 27.4 Å². The molecule has 1 aliphatic heterocycles. The van der Waals surface area contributed by atoms with Gasteiger partial charge in [0.05, 0.1) is 6.54 Å². The van der Waals surface area contributed by atoms with Crippen LogP contribution in [-0.4, -0.2) is 72.8 Å². The van der Waals surface area contributed by atoms with Gasteiger partial charge in [-0.1, -0.05) is 30.0 Å². The average Bonchev–Trinajstić information content (AvgIpc) is 2.74. The molecule has 0 saturated carbocycles. The molecule has 1 heterocycles. The van der Waals surface area contributed by atoms with E-state index in [1.807, 2.05) is 24.3 Å². The van der Waals surface area contributed by atoms with Crippen molar-refractivity contribution in [3.05, 3.63) is 41.5 Å². The number of hydrogen-bond acceptors (Lipinski definition) is 6. The van der Waals surface area contributed by atoms with E-state index in [9.17, 15) is 18.0 Å². The molecule has 0 saturated heterocycles. The number of hydroxylamine groups is 1. The SMILES string of the molecule is CC(CCN1CC=C(c2ccc(C#CCNC(=O)O)cc2)CC1)(C(=O)NO)S(C)(=O)=O. The minimum Gasteiger partial charge on any atom is -0.465 e. The monoisotopic (exact) mass is 449 g/mol. The van der Waals surface area contributed by atoms with Gasteiger partial charge in [-0.15, -0.1) is 0 Å². The molecule has 1 aliphatic rings. The lowest BCUT2D eigenvalue weighted by atomic mass is 9.98. The number of benzene rings is 1. The lowest BCUT2D eigenvalue weighted by Gasteiger charge is -2.31. The molecule has 2 amide bonds. The Morgan fingerprint density at radius 1 is 1.26 bits per heavy atom. The normalized spacial score (nSPS) is 16.3. The zero-order chi connectivity index (χ0) is 23.1. The van der Waals surface area contributed by atoms with Crippen LogP contribution in [0.4, 0.5) is 4.79 Å². The van der Waals surface area contributed by atoms with E-state index in [0.717, 1.165) is 30.3 Å². The summed E-state index contributed by atoms with van der Waals surface area (Å²) in [6, 6.07) is 7.67. The van der Waals surface area contributed by atoms with Crippen LogP contribution in [0.25, 0.3) is 5.57 Å². The Balaban J connectivity index is 1.96. The van der Waals surface area contributed by atoms with Crippen molar-refractivity contribution in [1.82, 2.24) is 15.7 Å². The summed E-state index contributed by atoms with van der Waals surface area (Å²) in [6.45, 7) is 3.13. The van der Waals surface area contributed by atoms with Crippen LogP contribution in [0.2, 0.25) is 0 Å². The van der Waals surface area contributed by atoms with Gasteiger partial charge in [0.2, 0.25) is 0 Å². The maximum Gasteiger partial charge on any atom is 0.405 e. The number of nitrogens with zero attached hydrogens (tertiary/aromatic N) is 1. The van der Waals surface area contributed by atoms with Gasteiger partial charge >= 0.3 is 6.09 Å². The number of carbonyl (C=O) groups is 2. The minimum atomic E-state index is -3.71. The van der Waals surface area contributed by atoms with E-state index in [4.69, 9.17) is 10.3 Å². The summed E-state index contributed by atoms with van der Waals surface area (Å²) in [5.74, 6) is 4.70. The van der Waals surface area contributed by atoms with E-state index < -0.39 is 26.6 Å². The summed E-state index contributed by atoms with van der Waals surface area (Å²) in [5.41, 5.74) is 4.49. The van der Waals surface area contributed by atoms with Gasteiger partial charge in [-0.05, 0) is 43.0 Å². The van der Waals surface area contributed by atoms with Crippen molar-refractivity contribution < 1.29 is 28.3 Å². The zero-order valence-electron chi connectivity index (χ0n) is 17.5. The molecule has 168 valence electrons. The van der Waals surface area contributed by atoms with Crippen molar-refractivity contribution in [1.29, 1.82) is 0 Å². The molecule has 0 aromatic heterocycles. The maximum absolute atomic E-state index is 12.1. The van der Waals surface area contributed by atoms with Crippen LogP contribution in [0.5, 0.6) is 0 Å². The van der Waals surface area contributed by atoms with Gasteiger partial charge in [0.25, 0.3) is 5.91 Å². The molecule has 2 rings (SSSR count). The van der Waals surface area contributed by atoms with Crippen molar-refractivity contribution in [3.8, 4) is 11.8 Å². The molecule has 1 atom stereocenters. The molecule has 0 bridgehead atoms. The maximum atomic E-state index is 12.1. The fourth-order valence-corrected chi connectivity index (χ4v) is 4.01. The second-order valence-corrected chi connectivity index (χ2v) is 9.96.